The average Bonchev–Trinajstić information content (AvgIpc) is 3.43. The van der Waals surface area contributed by atoms with E-state index in [1.165, 1.54) is 24.3 Å². The molecule has 0 saturated carbocycles. The predicted molar refractivity (Wildman–Crippen MR) is 95.2 cm³/mol. The number of carbonyl (C=O) groups excluding carboxylic acids is 4. The van der Waals surface area contributed by atoms with E-state index in [-0.39, 0.29) is 0 Å². The van der Waals surface area contributed by atoms with Crippen molar-refractivity contribution in [2.24, 2.45) is 23.7 Å². The summed E-state index contributed by atoms with van der Waals surface area (Å²) in [5, 5.41) is 19.2. The lowest BCUT2D eigenvalue weighted by atomic mass is 9.73. The lowest BCUT2D eigenvalue weighted by Gasteiger charge is -2.28. The van der Waals surface area contributed by atoms with Crippen LogP contribution in [-0.2, 0) is 43.0 Å². The van der Waals surface area contributed by atoms with Gasteiger partial charge in [-0.05, 0) is 26.0 Å². The molecule has 4 aliphatic heterocycles. The molecule has 2 fully saturated rings. The first-order valence-electron chi connectivity index (χ1n) is 9.44. The van der Waals surface area contributed by atoms with Crippen LogP contribution >= 0.6 is 0 Å². The number of fused-ring (bicyclic) bond motifs is 4. The number of Topliss-reactive ketones (excluding diaryl/α,β-unsaturated/α-hetero) is 2. The molecule has 4 rings (SSSR count). The molecule has 4 aliphatic rings. The molecule has 2 N–H and O–H groups in total. The second-order valence-corrected chi connectivity index (χ2v) is 8.01. The van der Waals surface area contributed by atoms with Gasteiger partial charge in [0.15, 0.2) is 22.8 Å². The van der Waals surface area contributed by atoms with E-state index in [1.54, 1.807) is 0 Å². The van der Waals surface area contributed by atoms with Gasteiger partial charge in [0.2, 0.25) is 0 Å². The van der Waals surface area contributed by atoms with Crippen LogP contribution in [-0.4, -0.2) is 69.1 Å². The SMILES string of the molecule is CC(=O)C12C=CC(O1)C(C(=O)OC(=O)C1C3C=CC(C(C)=O)(O3)C1C(=O)O)C2C(=O)O. The molecule has 8 atom stereocenters. The summed E-state index contributed by atoms with van der Waals surface area (Å²) in [5.74, 6) is -13.0. The molecule has 0 aliphatic carbocycles. The number of esters is 2. The molecule has 0 aromatic carbocycles. The molecule has 0 aromatic heterocycles. The minimum atomic E-state index is -1.84. The van der Waals surface area contributed by atoms with Crippen molar-refractivity contribution in [2.75, 3.05) is 0 Å². The summed E-state index contributed by atoms with van der Waals surface area (Å²) in [6.45, 7) is 2.25. The summed E-state index contributed by atoms with van der Waals surface area (Å²) >= 11 is 0. The van der Waals surface area contributed by atoms with Crippen molar-refractivity contribution in [2.45, 2.75) is 37.3 Å². The first kappa shape index (κ1) is 21.1. The number of rotatable bonds is 6. The molecule has 2 saturated heterocycles. The van der Waals surface area contributed by atoms with E-state index in [0.29, 0.717) is 0 Å². The fourth-order valence-corrected chi connectivity index (χ4v) is 5.02. The zero-order valence-electron chi connectivity index (χ0n) is 16.3. The standard InChI is InChI=1S/C20H18O11/c1-7(21)19-5-3-9(30-19)11(13(19)15(23)24)17(27)29-18(28)12-10-4-6-20(31-10,8(2)22)14(12)16(25)26/h3-6,9-14H,1-2H3,(H,23,24)(H,25,26). The van der Waals surface area contributed by atoms with Crippen LogP contribution in [0.15, 0.2) is 24.3 Å². The highest BCUT2D eigenvalue weighted by Gasteiger charge is 2.67. The van der Waals surface area contributed by atoms with Gasteiger partial charge in [-0.2, -0.15) is 0 Å². The van der Waals surface area contributed by atoms with Crippen LogP contribution in [0, 0.1) is 23.7 Å². The highest BCUT2D eigenvalue weighted by atomic mass is 16.6. The van der Waals surface area contributed by atoms with Crippen molar-refractivity contribution < 1.29 is 53.2 Å². The fraction of sp³-hybridized carbons (Fsp3) is 0.500. The molecule has 11 heteroatoms. The van der Waals surface area contributed by atoms with Crippen molar-refractivity contribution in [3.63, 3.8) is 0 Å². The summed E-state index contributed by atoms with van der Waals surface area (Å²) in [6.07, 6.45) is 3.06. The molecule has 31 heavy (non-hydrogen) atoms. The Bertz CT molecular complexity index is 915. The van der Waals surface area contributed by atoms with Gasteiger partial charge in [-0.25, -0.2) is 0 Å². The number of ketones is 2. The van der Waals surface area contributed by atoms with Gasteiger partial charge in [-0.1, -0.05) is 12.2 Å². The van der Waals surface area contributed by atoms with E-state index in [2.05, 4.69) is 0 Å². The molecule has 164 valence electrons. The Morgan fingerprint density at radius 3 is 1.39 bits per heavy atom. The van der Waals surface area contributed by atoms with E-state index in [0.717, 1.165) is 13.8 Å². The van der Waals surface area contributed by atoms with Crippen molar-refractivity contribution >= 4 is 35.4 Å². The number of aliphatic carboxylic acids is 2. The number of carbonyl (C=O) groups is 6. The zero-order valence-corrected chi connectivity index (χ0v) is 16.3. The Kier molecular flexibility index (Phi) is 4.53. The van der Waals surface area contributed by atoms with Crippen LogP contribution < -0.4 is 0 Å². The van der Waals surface area contributed by atoms with Gasteiger partial charge in [0.1, 0.15) is 23.7 Å². The number of carboxylic acids is 2. The first-order valence-corrected chi connectivity index (χ1v) is 9.44. The third-order valence-corrected chi connectivity index (χ3v) is 6.46. The molecule has 8 unspecified atom stereocenters. The Morgan fingerprint density at radius 2 is 1.10 bits per heavy atom. The van der Waals surface area contributed by atoms with E-state index >= 15 is 0 Å². The van der Waals surface area contributed by atoms with Crippen LogP contribution in [0.25, 0.3) is 0 Å². The second kappa shape index (κ2) is 6.66. The molecule has 0 radical (unpaired) electrons. The number of ether oxygens (including phenoxy) is 3. The minimum Gasteiger partial charge on any atom is -0.481 e. The molecule has 11 nitrogen and oxygen atoms in total. The summed E-state index contributed by atoms with van der Waals surface area (Å²) in [5.41, 5.74) is -3.69. The Labute approximate surface area is 174 Å². The number of hydrogen-bond donors (Lipinski definition) is 2. The van der Waals surface area contributed by atoms with Crippen LogP contribution in [0.5, 0.6) is 0 Å². The highest BCUT2D eigenvalue weighted by Crippen LogP contribution is 2.50. The largest absolute Gasteiger partial charge is 0.481 e. The van der Waals surface area contributed by atoms with Crippen LogP contribution in [0.4, 0.5) is 0 Å². The van der Waals surface area contributed by atoms with Crippen LogP contribution in [0.3, 0.4) is 0 Å². The summed E-state index contributed by atoms with van der Waals surface area (Å²) in [7, 11) is 0. The maximum atomic E-state index is 12.8. The molecule has 4 bridgehead atoms. The van der Waals surface area contributed by atoms with Crippen molar-refractivity contribution in [1.82, 2.24) is 0 Å². The van der Waals surface area contributed by atoms with Gasteiger partial charge in [-0.15, -0.1) is 0 Å². The Hall–Kier alpha value is -3.18. The van der Waals surface area contributed by atoms with Gasteiger partial charge < -0.3 is 24.4 Å². The maximum Gasteiger partial charge on any atom is 0.320 e. The quantitative estimate of drug-likeness (QED) is 0.307. The Morgan fingerprint density at radius 1 is 0.742 bits per heavy atom. The van der Waals surface area contributed by atoms with E-state index in [1.807, 2.05) is 0 Å². The minimum absolute atomic E-state index is 0.624. The monoisotopic (exact) mass is 434 g/mol. The predicted octanol–water partition coefficient (Wildman–Crippen LogP) is -0.717. The number of carboxylic acid groups (broad SMARTS) is 2. The third kappa shape index (κ3) is 2.66. The molecule has 0 amide bonds. The molecule has 0 spiro atoms. The lowest BCUT2D eigenvalue weighted by molar-refractivity contribution is -0.172. The Balaban J connectivity index is 1.59. The normalized spacial score (nSPS) is 41.4. The molecular weight excluding hydrogens is 416 g/mol. The molecular formula is C20H18O11. The van der Waals surface area contributed by atoms with E-state index in [4.69, 9.17) is 14.2 Å². The molecule has 0 aromatic rings. The first-order chi connectivity index (χ1) is 14.5. The zero-order chi connectivity index (χ0) is 22.9. The summed E-state index contributed by atoms with van der Waals surface area (Å²) in [6, 6.07) is 0. The van der Waals surface area contributed by atoms with Gasteiger partial charge in [0.25, 0.3) is 0 Å². The lowest BCUT2D eigenvalue weighted by Crippen LogP contribution is -2.50. The highest BCUT2D eigenvalue weighted by molar-refractivity contribution is 6.01. The van der Waals surface area contributed by atoms with Crippen molar-refractivity contribution in [3.05, 3.63) is 24.3 Å². The van der Waals surface area contributed by atoms with E-state index < -0.39 is 82.5 Å². The van der Waals surface area contributed by atoms with Crippen LogP contribution in [0.2, 0.25) is 0 Å². The van der Waals surface area contributed by atoms with Gasteiger partial charge in [0.05, 0.1) is 12.2 Å². The third-order valence-electron chi connectivity index (χ3n) is 6.46. The average molecular weight is 434 g/mol. The van der Waals surface area contributed by atoms with Crippen LogP contribution in [0.1, 0.15) is 13.8 Å². The fourth-order valence-electron chi connectivity index (χ4n) is 5.02. The summed E-state index contributed by atoms with van der Waals surface area (Å²) < 4.78 is 15.8. The topological polar surface area (TPSA) is 171 Å². The van der Waals surface area contributed by atoms with Gasteiger partial charge >= 0.3 is 23.9 Å². The van der Waals surface area contributed by atoms with Gasteiger partial charge in [-0.3, -0.25) is 28.8 Å². The smallest absolute Gasteiger partial charge is 0.320 e. The van der Waals surface area contributed by atoms with Crippen molar-refractivity contribution in [1.29, 1.82) is 0 Å². The van der Waals surface area contributed by atoms with E-state index in [9.17, 15) is 39.0 Å². The second-order valence-electron chi connectivity index (χ2n) is 8.01. The van der Waals surface area contributed by atoms with Crippen molar-refractivity contribution in [3.8, 4) is 0 Å². The maximum absolute atomic E-state index is 12.8. The molecule has 4 heterocycles. The number of hydrogen-bond acceptors (Lipinski definition) is 9. The van der Waals surface area contributed by atoms with Gasteiger partial charge in [0, 0.05) is 0 Å². The summed E-state index contributed by atoms with van der Waals surface area (Å²) in [4.78, 5) is 73.3.